The van der Waals surface area contributed by atoms with Gasteiger partial charge in [0.15, 0.2) is 12.4 Å². The quantitative estimate of drug-likeness (QED) is 0.732. The molecule has 0 saturated carbocycles. The molecule has 1 aromatic carbocycles. The monoisotopic (exact) mass is 219 g/mol. The predicted octanol–water partition coefficient (Wildman–Crippen LogP) is 0.797. The lowest BCUT2D eigenvalue weighted by Crippen LogP contribution is -2.13. The summed E-state index contributed by atoms with van der Waals surface area (Å²) in [6, 6.07) is 4.56. The summed E-state index contributed by atoms with van der Waals surface area (Å²) in [6.07, 6.45) is -1.32. The second-order valence-corrected chi connectivity index (χ2v) is 3.23. The van der Waals surface area contributed by atoms with E-state index in [1.807, 2.05) is 0 Å². The first-order valence-corrected chi connectivity index (χ1v) is 4.42. The van der Waals surface area contributed by atoms with E-state index in [9.17, 15) is 14.7 Å². The standard InChI is InChI=1S/C11H9NO4/c1-6-2-3-7(10(14)11(15)16)8(4-12)9(6)5-13/h2-3,5,10,14H,1H3,(H,15,16). The highest BCUT2D eigenvalue weighted by Crippen LogP contribution is 2.22. The average molecular weight is 219 g/mol. The van der Waals surface area contributed by atoms with Gasteiger partial charge in [0.05, 0.1) is 5.56 Å². The first-order valence-electron chi connectivity index (χ1n) is 4.42. The number of aliphatic carboxylic acids is 1. The number of nitrogens with zero attached hydrogens (tertiary/aromatic N) is 1. The molecule has 0 aliphatic carbocycles. The molecule has 5 heteroatoms. The van der Waals surface area contributed by atoms with Crippen LogP contribution in [-0.4, -0.2) is 22.5 Å². The van der Waals surface area contributed by atoms with E-state index in [1.54, 1.807) is 13.0 Å². The van der Waals surface area contributed by atoms with E-state index in [2.05, 4.69) is 0 Å². The average Bonchev–Trinajstić information content (AvgIpc) is 2.27. The van der Waals surface area contributed by atoms with Crippen LogP contribution in [0.2, 0.25) is 0 Å². The fourth-order valence-corrected chi connectivity index (χ4v) is 1.38. The first-order chi connectivity index (χ1) is 7.52. The highest BCUT2D eigenvalue weighted by Gasteiger charge is 2.22. The Balaban J connectivity index is 3.48. The van der Waals surface area contributed by atoms with Crippen LogP contribution in [0.4, 0.5) is 0 Å². The number of aliphatic hydroxyl groups excluding tert-OH is 1. The molecule has 82 valence electrons. The van der Waals surface area contributed by atoms with Crippen LogP contribution >= 0.6 is 0 Å². The van der Waals surface area contributed by atoms with Gasteiger partial charge in [-0.1, -0.05) is 12.1 Å². The topological polar surface area (TPSA) is 98.4 Å². The molecule has 1 rings (SSSR count). The molecular weight excluding hydrogens is 210 g/mol. The molecule has 16 heavy (non-hydrogen) atoms. The fourth-order valence-electron chi connectivity index (χ4n) is 1.38. The van der Waals surface area contributed by atoms with Gasteiger partial charge in [0, 0.05) is 11.1 Å². The second-order valence-electron chi connectivity index (χ2n) is 3.23. The van der Waals surface area contributed by atoms with Gasteiger partial charge < -0.3 is 10.2 Å². The van der Waals surface area contributed by atoms with Gasteiger partial charge in [-0.25, -0.2) is 4.79 Å². The van der Waals surface area contributed by atoms with E-state index in [0.29, 0.717) is 11.8 Å². The van der Waals surface area contributed by atoms with Crippen LogP contribution in [-0.2, 0) is 4.79 Å². The van der Waals surface area contributed by atoms with Gasteiger partial charge in [0.25, 0.3) is 0 Å². The minimum absolute atomic E-state index is 0.0669. The number of nitriles is 1. The molecule has 0 fully saturated rings. The van der Waals surface area contributed by atoms with Crippen LogP contribution in [0.1, 0.15) is 33.2 Å². The second kappa shape index (κ2) is 4.55. The summed E-state index contributed by atoms with van der Waals surface area (Å²) in [4.78, 5) is 21.4. The minimum atomic E-state index is -1.80. The summed E-state index contributed by atoms with van der Waals surface area (Å²) >= 11 is 0. The molecule has 0 heterocycles. The Kier molecular flexibility index (Phi) is 3.38. The first kappa shape index (κ1) is 11.9. The van der Waals surface area contributed by atoms with Gasteiger partial charge >= 0.3 is 5.97 Å². The zero-order chi connectivity index (χ0) is 12.3. The van der Waals surface area contributed by atoms with E-state index in [-0.39, 0.29) is 16.7 Å². The molecular formula is C11H9NO4. The minimum Gasteiger partial charge on any atom is -0.479 e. The van der Waals surface area contributed by atoms with Gasteiger partial charge in [-0.2, -0.15) is 5.26 Å². The van der Waals surface area contributed by atoms with Gasteiger partial charge in [-0.15, -0.1) is 0 Å². The Hall–Kier alpha value is -2.19. The summed E-state index contributed by atoms with van der Waals surface area (Å²) in [6.45, 7) is 1.63. The van der Waals surface area contributed by atoms with Crippen molar-refractivity contribution >= 4 is 12.3 Å². The zero-order valence-electron chi connectivity index (χ0n) is 8.47. The van der Waals surface area contributed by atoms with E-state index in [1.165, 1.54) is 12.1 Å². The number of carbonyl (C=O) groups excluding carboxylic acids is 1. The van der Waals surface area contributed by atoms with Crippen LogP contribution < -0.4 is 0 Å². The number of aldehydes is 1. The van der Waals surface area contributed by atoms with Crippen molar-refractivity contribution in [1.82, 2.24) is 0 Å². The largest absolute Gasteiger partial charge is 0.479 e. The fraction of sp³-hybridized carbons (Fsp3) is 0.182. The van der Waals surface area contributed by atoms with Crippen molar-refractivity contribution in [3.63, 3.8) is 0 Å². The van der Waals surface area contributed by atoms with Crippen molar-refractivity contribution in [2.24, 2.45) is 0 Å². The number of hydrogen-bond donors (Lipinski definition) is 2. The van der Waals surface area contributed by atoms with Gasteiger partial charge in [-0.3, -0.25) is 4.79 Å². The highest BCUT2D eigenvalue weighted by molar-refractivity contribution is 5.84. The molecule has 0 spiro atoms. The zero-order valence-corrected chi connectivity index (χ0v) is 8.47. The highest BCUT2D eigenvalue weighted by atomic mass is 16.4. The van der Waals surface area contributed by atoms with Crippen molar-refractivity contribution in [2.45, 2.75) is 13.0 Å². The van der Waals surface area contributed by atoms with Gasteiger partial charge in [0.1, 0.15) is 6.07 Å². The number of benzene rings is 1. The molecule has 0 saturated heterocycles. The van der Waals surface area contributed by atoms with Crippen molar-refractivity contribution in [3.05, 3.63) is 34.4 Å². The Morgan fingerprint density at radius 3 is 2.62 bits per heavy atom. The number of aryl methyl sites for hydroxylation is 1. The smallest absolute Gasteiger partial charge is 0.337 e. The van der Waals surface area contributed by atoms with E-state index < -0.39 is 12.1 Å². The molecule has 5 nitrogen and oxygen atoms in total. The summed E-state index contributed by atoms with van der Waals surface area (Å²) in [5.74, 6) is -1.46. The van der Waals surface area contributed by atoms with E-state index >= 15 is 0 Å². The number of carboxylic acid groups (broad SMARTS) is 1. The molecule has 0 aliphatic heterocycles. The van der Waals surface area contributed by atoms with E-state index in [4.69, 9.17) is 10.4 Å². The lowest BCUT2D eigenvalue weighted by Gasteiger charge is -2.10. The molecule has 1 unspecified atom stereocenters. The lowest BCUT2D eigenvalue weighted by atomic mass is 9.95. The molecule has 0 aromatic heterocycles. The van der Waals surface area contributed by atoms with Crippen LogP contribution in [0.25, 0.3) is 0 Å². The normalized spacial score (nSPS) is 11.6. The van der Waals surface area contributed by atoms with Crippen LogP contribution in [0, 0.1) is 18.3 Å². The Labute approximate surface area is 91.6 Å². The maximum absolute atomic E-state index is 10.8. The molecule has 2 N–H and O–H groups in total. The number of rotatable bonds is 3. The van der Waals surface area contributed by atoms with Crippen molar-refractivity contribution < 1.29 is 19.8 Å². The summed E-state index contributed by atoms with van der Waals surface area (Å²) in [7, 11) is 0. The summed E-state index contributed by atoms with van der Waals surface area (Å²) < 4.78 is 0. The SMILES string of the molecule is Cc1ccc(C(O)C(=O)O)c(C#N)c1C=O. The number of aliphatic hydroxyl groups is 1. The molecule has 0 aliphatic rings. The van der Waals surface area contributed by atoms with Crippen LogP contribution in [0.3, 0.4) is 0 Å². The Morgan fingerprint density at radius 2 is 2.19 bits per heavy atom. The third-order valence-corrected chi connectivity index (χ3v) is 2.25. The molecule has 0 radical (unpaired) electrons. The van der Waals surface area contributed by atoms with Crippen LogP contribution in [0.5, 0.6) is 0 Å². The maximum atomic E-state index is 10.8. The van der Waals surface area contributed by atoms with Gasteiger partial charge in [-0.05, 0) is 12.5 Å². The summed E-state index contributed by atoms with van der Waals surface area (Å²) in [5, 5.41) is 26.9. The Morgan fingerprint density at radius 1 is 1.56 bits per heavy atom. The van der Waals surface area contributed by atoms with Gasteiger partial charge in [0.2, 0.25) is 0 Å². The van der Waals surface area contributed by atoms with Crippen LogP contribution in [0.15, 0.2) is 12.1 Å². The third-order valence-electron chi connectivity index (χ3n) is 2.25. The van der Waals surface area contributed by atoms with Crippen molar-refractivity contribution in [2.75, 3.05) is 0 Å². The number of carboxylic acids is 1. The molecule has 0 amide bonds. The molecule has 1 atom stereocenters. The molecule has 0 bridgehead atoms. The summed E-state index contributed by atoms with van der Waals surface area (Å²) in [5.41, 5.74) is 0.515. The van der Waals surface area contributed by atoms with E-state index in [0.717, 1.165) is 0 Å². The van der Waals surface area contributed by atoms with Crippen molar-refractivity contribution in [1.29, 1.82) is 5.26 Å². The number of hydrogen-bond acceptors (Lipinski definition) is 4. The lowest BCUT2D eigenvalue weighted by molar-refractivity contribution is -0.146. The third kappa shape index (κ3) is 1.92. The maximum Gasteiger partial charge on any atom is 0.337 e. The Bertz CT molecular complexity index is 487. The molecule has 1 aromatic rings. The number of carbonyl (C=O) groups is 2. The van der Waals surface area contributed by atoms with Crippen molar-refractivity contribution in [3.8, 4) is 6.07 Å². The predicted molar refractivity (Wildman–Crippen MR) is 53.9 cm³/mol.